The number of imide groups is 1. The van der Waals surface area contributed by atoms with Crippen LogP contribution >= 0.6 is 11.3 Å². The Morgan fingerprint density at radius 1 is 1.50 bits per heavy atom. The van der Waals surface area contributed by atoms with Crippen molar-refractivity contribution in [2.75, 3.05) is 0 Å². The molecule has 0 unspecified atom stereocenters. The minimum atomic E-state index is -1.03. The zero-order valence-corrected chi connectivity index (χ0v) is 10.7. The fourth-order valence-electron chi connectivity index (χ4n) is 1.21. The number of ether oxygens (including phenoxy) is 1. The van der Waals surface area contributed by atoms with Crippen molar-refractivity contribution in [3.8, 4) is 0 Å². The van der Waals surface area contributed by atoms with Crippen LogP contribution in [0.1, 0.15) is 18.9 Å². The maximum atomic E-state index is 11.4. The van der Waals surface area contributed by atoms with Crippen molar-refractivity contribution in [2.45, 2.75) is 25.9 Å². The fraction of sp³-hybridized carbons (Fsp3) is 0.364. The quantitative estimate of drug-likeness (QED) is 0.773. The number of urea groups is 1. The van der Waals surface area contributed by atoms with Crippen LogP contribution in [0.3, 0.4) is 0 Å². The fourth-order valence-corrected chi connectivity index (χ4v) is 1.92. The Labute approximate surface area is 108 Å². The third-order valence-corrected chi connectivity index (χ3v) is 2.85. The molecule has 0 aliphatic heterocycles. The van der Waals surface area contributed by atoms with Crippen LogP contribution in [0.25, 0.3) is 0 Å². The Morgan fingerprint density at radius 2 is 2.22 bits per heavy atom. The lowest BCUT2D eigenvalue weighted by Gasteiger charge is -2.11. The molecular formula is C11H14N2O4S. The Kier molecular flexibility index (Phi) is 5.31. The number of nitrogens with one attached hydrogen (secondary N) is 1. The Bertz CT molecular complexity index is 430. The van der Waals surface area contributed by atoms with Crippen LogP contribution in [-0.2, 0) is 20.7 Å². The average Bonchev–Trinajstić information content (AvgIpc) is 2.78. The van der Waals surface area contributed by atoms with Crippen molar-refractivity contribution in [2.24, 2.45) is 5.73 Å². The number of aryl methyl sites for hydroxylation is 1. The Balaban J connectivity index is 2.31. The van der Waals surface area contributed by atoms with E-state index in [0.717, 1.165) is 5.56 Å². The number of carbonyl (C=O) groups excluding carboxylic acids is 3. The van der Waals surface area contributed by atoms with Crippen LogP contribution in [-0.4, -0.2) is 24.0 Å². The van der Waals surface area contributed by atoms with Gasteiger partial charge in [-0.1, -0.05) is 0 Å². The molecule has 0 spiro atoms. The van der Waals surface area contributed by atoms with Crippen molar-refractivity contribution in [3.05, 3.63) is 22.4 Å². The van der Waals surface area contributed by atoms with Crippen molar-refractivity contribution in [1.82, 2.24) is 5.32 Å². The lowest BCUT2D eigenvalue weighted by atomic mass is 10.2. The van der Waals surface area contributed by atoms with Crippen molar-refractivity contribution in [3.63, 3.8) is 0 Å². The van der Waals surface area contributed by atoms with E-state index in [1.165, 1.54) is 6.92 Å². The minimum absolute atomic E-state index is 0.185. The lowest BCUT2D eigenvalue weighted by molar-refractivity contribution is -0.154. The molecule has 0 bridgehead atoms. The zero-order valence-electron chi connectivity index (χ0n) is 9.84. The zero-order chi connectivity index (χ0) is 13.5. The monoisotopic (exact) mass is 270 g/mol. The van der Waals surface area contributed by atoms with Gasteiger partial charge in [0.15, 0.2) is 6.10 Å². The van der Waals surface area contributed by atoms with Crippen molar-refractivity contribution >= 4 is 29.2 Å². The van der Waals surface area contributed by atoms with Gasteiger partial charge in [0, 0.05) is 6.42 Å². The third-order valence-electron chi connectivity index (χ3n) is 2.12. The number of esters is 1. The summed E-state index contributed by atoms with van der Waals surface area (Å²) in [6.07, 6.45) is -0.287. The molecule has 0 fully saturated rings. The van der Waals surface area contributed by atoms with E-state index in [0.29, 0.717) is 6.42 Å². The van der Waals surface area contributed by atoms with Crippen molar-refractivity contribution in [1.29, 1.82) is 0 Å². The van der Waals surface area contributed by atoms with E-state index in [9.17, 15) is 14.4 Å². The molecule has 0 radical (unpaired) electrons. The van der Waals surface area contributed by atoms with E-state index in [1.54, 1.807) is 11.3 Å². The molecule has 3 amide bonds. The third kappa shape index (κ3) is 4.96. The summed E-state index contributed by atoms with van der Waals surface area (Å²) in [4.78, 5) is 33.1. The summed E-state index contributed by atoms with van der Waals surface area (Å²) in [5.74, 6) is -1.22. The average molecular weight is 270 g/mol. The van der Waals surface area contributed by atoms with Gasteiger partial charge in [-0.3, -0.25) is 14.9 Å². The van der Waals surface area contributed by atoms with E-state index in [2.05, 4.69) is 0 Å². The van der Waals surface area contributed by atoms with Gasteiger partial charge in [-0.15, -0.1) is 0 Å². The van der Waals surface area contributed by atoms with Crippen LogP contribution in [0.5, 0.6) is 0 Å². The second-order valence-corrected chi connectivity index (χ2v) is 4.40. The summed E-state index contributed by atoms with van der Waals surface area (Å²) in [6, 6.07) is 0.947. The number of hydrogen-bond donors (Lipinski definition) is 2. The summed E-state index contributed by atoms with van der Waals surface area (Å²) < 4.78 is 4.86. The standard InChI is InChI=1S/C11H14N2O4S/c1-7(10(15)13-11(12)16)17-9(14)3-2-8-4-5-18-6-8/h4-7H,2-3H2,1H3,(H3,12,13,15,16)/t7-/m1/s1. The molecule has 0 aliphatic carbocycles. The molecule has 98 valence electrons. The van der Waals surface area contributed by atoms with Crippen LogP contribution < -0.4 is 11.1 Å². The van der Waals surface area contributed by atoms with Crippen LogP contribution in [0.15, 0.2) is 16.8 Å². The van der Waals surface area contributed by atoms with E-state index in [-0.39, 0.29) is 6.42 Å². The molecule has 0 saturated carbocycles. The molecule has 6 nitrogen and oxygen atoms in total. The molecule has 3 N–H and O–H groups in total. The molecular weight excluding hydrogens is 256 g/mol. The minimum Gasteiger partial charge on any atom is -0.453 e. The maximum absolute atomic E-state index is 11.4. The molecule has 18 heavy (non-hydrogen) atoms. The number of hydrogen-bond acceptors (Lipinski definition) is 5. The number of carbonyl (C=O) groups is 3. The smallest absolute Gasteiger partial charge is 0.318 e. The van der Waals surface area contributed by atoms with Gasteiger partial charge in [-0.05, 0) is 35.7 Å². The van der Waals surface area contributed by atoms with Gasteiger partial charge in [0.2, 0.25) is 0 Å². The maximum Gasteiger partial charge on any atom is 0.318 e. The van der Waals surface area contributed by atoms with Gasteiger partial charge < -0.3 is 10.5 Å². The van der Waals surface area contributed by atoms with Crippen LogP contribution in [0.4, 0.5) is 4.79 Å². The molecule has 0 saturated heterocycles. The van der Waals surface area contributed by atoms with Gasteiger partial charge in [0.1, 0.15) is 0 Å². The second kappa shape index (κ2) is 6.75. The molecule has 1 aromatic heterocycles. The molecule has 7 heteroatoms. The van der Waals surface area contributed by atoms with E-state index in [1.807, 2.05) is 22.1 Å². The summed E-state index contributed by atoms with van der Waals surface area (Å²) in [7, 11) is 0. The van der Waals surface area contributed by atoms with E-state index in [4.69, 9.17) is 10.5 Å². The first-order valence-electron chi connectivity index (χ1n) is 5.30. The topological polar surface area (TPSA) is 98.5 Å². The first-order chi connectivity index (χ1) is 8.49. The Morgan fingerprint density at radius 3 is 2.78 bits per heavy atom. The molecule has 1 rings (SSSR count). The highest BCUT2D eigenvalue weighted by atomic mass is 32.1. The summed E-state index contributed by atoms with van der Waals surface area (Å²) >= 11 is 1.55. The lowest BCUT2D eigenvalue weighted by Crippen LogP contribution is -2.42. The van der Waals surface area contributed by atoms with Gasteiger partial charge >= 0.3 is 12.0 Å². The molecule has 0 aromatic carbocycles. The molecule has 1 atom stereocenters. The number of rotatable bonds is 5. The highest BCUT2D eigenvalue weighted by molar-refractivity contribution is 7.07. The molecule has 0 aliphatic rings. The molecule has 1 aromatic rings. The highest BCUT2D eigenvalue weighted by Crippen LogP contribution is 2.09. The predicted molar refractivity (Wildman–Crippen MR) is 65.9 cm³/mol. The van der Waals surface area contributed by atoms with Gasteiger partial charge in [-0.25, -0.2) is 4.79 Å². The number of primary amides is 1. The first-order valence-corrected chi connectivity index (χ1v) is 6.24. The summed E-state index contributed by atoms with van der Waals surface area (Å²) in [5.41, 5.74) is 5.82. The second-order valence-electron chi connectivity index (χ2n) is 3.62. The van der Waals surface area contributed by atoms with Crippen LogP contribution in [0.2, 0.25) is 0 Å². The van der Waals surface area contributed by atoms with Gasteiger partial charge in [0.25, 0.3) is 5.91 Å². The summed E-state index contributed by atoms with van der Waals surface area (Å²) in [5, 5.41) is 5.70. The number of nitrogens with two attached hydrogens (primary N) is 1. The SMILES string of the molecule is C[C@@H](OC(=O)CCc1ccsc1)C(=O)NC(N)=O. The predicted octanol–water partition coefficient (Wildman–Crippen LogP) is 0.807. The Hall–Kier alpha value is -1.89. The largest absolute Gasteiger partial charge is 0.453 e. The van der Waals surface area contributed by atoms with Crippen LogP contribution in [0, 0.1) is 0 Å². The normalized spacial score (nSPS) is 11.6. The van der Waals surface area contributed by atoms with E-state index < -0.39 is 24.0 Å². The highest BCUT2D eigenvalue weighted by Gasteiger charge is 2.18. The van der Waals surface area contributed by atoms with Gasteiger partial charge in [-0.2, -0.15) is 11.3 Å². The van der Waals surface area contributed by atoms with E-state index >= 15 is 0 Å². The first kappa shape index (κ1) is 14.2. The number of thiophene rings is 1. The van der Waals surface area contributed by atoms with Gasteiger partial charge in [0.05, 0.1) is 0 Å². The summed E-state index contributed by atoms with van der Waals surface area (Å²) in [6.45, 7) is 1.38. The number of amides is 3. The molecule has 1 heterocycles. The van der Waals surface area contributed by atoms with Crippen molar-refractivity contribution < 1.29 is 19.1 Å².